The molecule has 3 aromatic rings. The average Bonchev–Trinajstić information content (AvgIpc) is 3.33. The topological polar surface area (TPSA) is 63.5 Å². The van der Waals surface area contributed by atoms with Crippen molar-refractivity contribution >= 4 is 17.8 Å². The van der Waals surface area contributed by atoms with Crippen LogP contribution in [0.5, 0.6) is 5.75 Å². The Balaban J connectivity index is 1.34. The van der Waals surface area contributed by atoms with Crippen molar-refractivity contribution in [2.75, 3.05) is 38.2 Å². The van der Waals surface area contributed by atoms with Crippen LogP contribution in [0.15, 0.2) is 67.3 Å². The molecule has 1 fully saturated rings. The maximum absolute atomic E-state index is 12.5. The minimum atomic E-state index is 0.0242. The van der Waals surface area contributed by atoms with Gasteiger partial charge in [-0.2, -0.15) is 0 Å². The number of hydrogen-bond donors (Lipinski definition) is 0. The van der Waals surface area contributed by atoms with E-state index in [1.54, 1.807) is 19.5 Å². The number of aromatic nitrogens is 3. The van der Waals surface area contributed by atoms with Gasteiger partial charge < -0.3 is 19.1 Å². The first-order valence-electron chi connectivity index (χ1n) is 9.54. The maximum atomic E-state index is 12.5. The third-order valence-corrected chi connectivity index (χ3v) is 4.96. The number of amides is 1. The Morgan fingerprint density at radius 1 is 1.00 bits per heavy atom. The number of carbonyl (C=O) groups excluding carboxylic acids is 1. The predicted octanol–water partition coefficient (Wildman–Crippen LogP) is 2.64. The Kier molecular flexibility index (Phi) is 5.56. The number of methoxy groups -OCH3 is 1. The Morgan fingerprint density at radius 2 is 1.69 bits per heavy atom. The number of ether oxygens (including phenoxy) is 1. The number of hydrogen-bond acceptors (Lipinski definition) is 5. The van der Waals surface area contributed by atoms with Crippen molar-refractivity contribution in [3.8, 4) is 11.6 Å². The second kappa shape index (κ2) is 8.60. The molecule has 1 aliphatic heterocycles. The van der Waals surface area contributed by atoms with E-state index in [2.05, 4.69) is 14.9 Å². The third kappa shape index (κ3) is 4.45. The molecular weight excluding hydrogens is 366 g/mol. The second-order valence-electron chi connectivity index (χ2n) is 6.74. The van der Waals surface area contributed by atoms with Crippen molar-refractivity contribution in [1.82, 2.24) is 19.4 Å². The van der Waals surface area contributed by atoms with E-state index in [0.29, 0.717) is 13.1 Å². The van der Waals surface area contributed by atoms with Crippen LogP contribution in [-0.2, 0) is 4.79 Å². The van der Waals surface area contributed by atoms with Crippen molar-refractivity contribution < 1.29 is 9.53 Å². The fourth-order valence-corrected chi connectivity index (χ4v) is 3.28. The molecule has 1 amide bonds. The lowest BCUT2D eigenvalue weighted by Crippen LogP contribution is -2.48. The highest BCUT2D eigenvalue weighted by Crippen LogP contribution is 2.17. The molecule has 0 unspecified atom stereocenters. The molecular formula is C22H23N5O2. The molecule has 29 heavy (non-hydrogen) atoms. The van der Waals surface area contributed by atoms with E-state index >= 15 is 0 Å². The summed E-state index contributed by atoms with van der Waals surface area (Å²) in [5.41, 5.74) is 0.969. The summed E-state index contributed by atoms with van der Waals surface area (Å²) in [5, 5.41) is 0. The molecule has 4 rings (SSSR count). The summed E-state index contributed by atoms with van der Waals surface area (Å²) in [6, 6.07) is 13.5. The van der Waals surface area contributed by atoms with Gasteiger partial charge in [-0.15, -0.1) is 0 Å². The zero-order valence-corrected chi connectivity index (χ0v) is 16.3. The van der Waals surface area contributed by atoms with Crippen molar-refractivity contribution in [2.24, 2.45) is 0 Å². The molecule has 2 aromatic heterocycles. The van der Waals surface area contributed by atoms with Gasteiger partial charge in [0, 0.05) is 50.7 Å². The van der Waals surface area contributed by atoms with E-state index in [9.17, 15) is 4.79 Å². The van der Waals surface area contributed by atoms with Crippen LogP contribution in [0.3, 0.4) is 0 Å². The lowest BCUT2D eigenvalue weighted by molar-refractivity contribution is -0.126. The molecule has 1 aliphatic rings. The molecule has 0 bridgehead atoms. The summed E-state index contributed by atoms with van der Waals surface area (Å²) in [5.74, 6) is 2.54. The highest BCUT2D eigenvalue weighted by molar-refractivity contribution is 5.92. The quantitative estimate of drug-likeness (QED) is 0.628. The molecule has 0 atom stereocenters. The van der Waals surface area contributed by atoms with Crippen LogP contribution in [0.1, 0.15) is 5.56 Å². The molecule has 0 N–H and O–H groups in total. The summed E-state index contributed by atoms with van der Waals surface area (Å²) in [6.07, 6.45) is 8.96. The molecule has 0 radical (unpaired) electrons. The van der Waals surface area contributed by atoms with Gasteiger partial charge in [0.1, 0.15) is 23.7 Å². The monoisotopic (exact) mass is 389 g/mol. The number of piperazine rings is 1. The summed E-state index contributed by atoms with van der Waals surface area (Å²) < 4.78 is 7.10. The molecule has 7 nitrogen and oxygen atoms in total. The van der Waals surface area contributed by atoms with E-state index < -0.39 is 0 Å². The van der Waals surface area contributed by atoms with Gasteiger partial charge in [-0.05, 0) is 35.9 Å². The molecule has 7 heteroatoms. The van der Waals surface area contributed by atoms with Gasteiger partial charge in [0.25, 0.3) is 0 Å². The lowest BCUT2D eigenvalue weighted by atomic mass is 10.2. The zero-order valence-electron chi connectivity index (χ0n) is 16.3. The second-order valence-corrected chi connectivity index (χ2v) is 6.74. The summed E-state index contributed by atoms with van der Waals surface area (Å²) in [6.45, 7) is 2.80. The zero-order chi connectivity index (χ0) is 20.1. The van der Waals surface area contributed by atoms with Crippen LogP contribution in [0, 0.1) is 0 Å². The van der Waals surface area contributed by atoms with Crippen molar-refractivity contribution in [2.45, 2.75) is 0 Å². The fourth-order valence-electron chi connectivity index (χ4n) is 3.28. The maximum Gasteiger partial charge on any atom is 0.246 e. The number of carbonyl (C=O) groups is 1. The van der Waals surface area contributed by atoms with Gasteiger partial charge in [-0.3, -0.25) is 4.79 Å². The Hall–Kier alpha value is -3.61. The van der Waals surface area contributed by atoms with Crippen LogP contribution in [0.25, 0.3) is 11.9 Å². The van der Waals surface area contributed by atoms with E-state index in [1.807, 2.05) is 70.4 Å². The van der Waals surface area contributed by atoms with Gasteiger partial charge in [-0.25, -0.2) is 9.97 Å². The highest BCUT2D eigenvalue weighted by Gasteiger charge is 2.21. The molecule has 0 spiro atoms. The molecule has 3 heterocycles. The summed E-state index contributed by atoms with van der Waals surface area (Å²) >= 11 is 0. The van der Waals surface area contributed by atoms with Crippen molar-refractivity contribution in [3.05, 3.63) is 72.8 Å². The van der Waals surface area contributed by atoms with Crippen LogP contribution >= 0.6 is 0 Å². The first-order chi connectivity index (χ1) is 14.2. The van der Waals surface area contributed by atoms with E-state index in [-0.39, 0.29) is 5.91 Å². The first kappa shape index (κ1) is 18.7. The van der Waals surface area contributed by atoms with Crippen molar-refractivity contribution in [3.63, 3.8) is 0 Å². The predicted molar refractivity (Wildman–Crippen MR) is 112 cm³/mol. The van der Waals surface area contributed by atoms with Gasteiger partial charge >= 0.3 is 0 Å². The van der Waals surface area contributed by atoms with Crippen LogP contribution in [0.2, 0.25) is 0 Å². The van der Waals surface area contributed by atoms with E-state index in [0.717, 1.165) is 36.0 Å². The fraction of sp³-hybridized carbons (Fsp3) is 0.227. The third-order valence-electron chi connectivity index (χ3n) is 4.96. The van der Waals surface area contributed by atoms with Gasteiger partial charge in [0.2, 0.25) is 5.91 Å². The smallest absolute Gasteiger partial charge is 0.246 e. The van der Waals surface area contributed by atoms with Gasteiger partial charge in [-0.1, -0.05) is 12.1 Å². The minimum absolute atomic E-state index is 0.0242. The molecule has 0 aliphatic carbocycles. The first-order valence-corrected chi connectivity index (χ1v) is 9.54. The van der Waals surface area contributed by atoms with E-state index in [1.165, 1.54) is 0 Å². The number of nitrogens with zero attached hydrogens (tertiary/aromatic N) is 5. The molecule has 0 saturated carbocycles. The Bertz CT molecular complexity index is 975. The Morgan fingerprint density at radius 3 is 2.38 bits per heavy atom. The lowest BCUT2D eigenvalue weighted by Gasteiger charge is -2.35. The number of benzene rings is 1. The summed E-state index contributed by atoms with van der Waals surface area (Å²) in [7, 11) is 1.64. The van der Waals surface area contributed by atoms with Crippen molar-refractivity contribution in [1.29, 1.82) is 0 Å². The standard InChI is InChI=1S/C22H23N5O2/c1-29-19-7-4-18(5-8-19)6-9-22(28)27-14-12-26(13-15-27)21-16-20(23-17-24-21)25-10-2-3-11-25/h2-11,16-17H,12-15H2,1H3/b9-6+. The number of rotatable bonds is 5. The number of anilines is 1. The highest BCUT2D eigenvalue weighted by atomic mass is 16.5. The molecule has 1 aromatic carbocycles. The minimum Gasteiger partial charge on any atom is -0.497 e. The van der Waals surface area contributed by atoms with E-state index in [4.69, 9.17) is 4.74 Å². The Labute approximate surface area is 169 Å². The normalized spacial score (nSPS) is 14.4. The van der Waals surface area contributed by atoms with Gasteiger partial charge in [0.05, 0.1) is 7.11 Å². The molecule has 148 valence electrons. The van der Waals surface area contributed by atoms with Crippen LogP contribution < -0.4 is 9.64 Å². The van der Waals surface area contributed by atoms with Crippen LogP contribution in [0.4, 0.5) is 5.82 Å². The largest absolute Gasteiger partial charge is 0.497 e. The summed E-state index contributed by atoms with van der Waals surface area (Å²) in [4.78, 5) is 25.3. The van der Waals surface area contributed by atoms with Crippen LogP contribution in [-0.4, -0.2) is 58.6 Å². The van der Waals surface area contributed by atoms with Gasteiger partial charge in [0.15, 0.2) is 0 Å². The SMILES string of the molecule is COc1ccc(/C=C/C(=O)N2CCN(c3cc(-n4cccc4)ncn3)CC2)cc1. The average molecular weight is 389 g/mol. The molecule has 1 saturated heterocycles.